The average molecular weight is 275 g/mol. The SMILES string of the molecule is COCc1ccccc1NC1CCCC(CC(C)C)C1. The standard InChI is InChI=1S/C18H29NO/c1-14(2)11-15-7-6-9-17(12-15)19-18-10-5-4-8-16(18)13-20-3/h4-5,8,10,14-15,17,19H,6-7,9,11-13H2,1-3H3. The molecule has 0 aromatic heterocycles. The number of nitrogens with one attached hydrogen (secondary N) is 1. The first kappa shape index (κ1) is 15.4. The third-order valence-corrected chi connectivity index (χ3v) is 4.26. The van der Waals surface area contributed by atoms with Crippen LogP contribution in [0, 0.1) is 11.8 Å². The monoisotopic (exact) mass is 275 g/mol. The third-order valence-electron chi connectivity index (χ3n) is 4.26. The first-order chi connectivity index (χ1) is 9.69. The van der Waals surface area contributed by atoms with Crippen LogP contribution in [0.3, 0.4) is 0 Å². The van der Waals surface area contributed by atoms with E-state index in [1.807, 2.05) is 0 Å². The number of benzene rings is 1. The highest BCUT2D eigenvalue weighted by Crippen LogP contribution is 2.31. The molecule has 1 fully saturated rings. The van der Waals surface area contributed by atoms with Crippen LogP contribution in [0.5, 0.6) is 0 Å². The average Bonchev–Trinajstić information content (AvgIpc) is 2.41. The minimum absolute atomic E-state index is 0.630. The summed E-state index contributed by atoms with van der Waals surface area (Å²) in [5.74, 6) is 1.72. The van der Waals surface area contributed by atoms with Gasteiger partial charge in [0.2, 0.25) is 0 Å². The van der Waals surface area contributed by atoms with Crippen molar-refractivity contribution in [1.29, 1.82) is 0 Å². The van der Waals surface area contributed by atoms with E-state index >= 15 is 0 Å². The van der Waals surface area contributed by atoms with Crippen molar-refractivity contribution in [1.82, 2.24) is 0 Å². The molecule has 1 aliphatic carbocycles. The summed E-state index contributed by atoms with van der Waals surface area (Å²) in [4.78, 5) is 0. The molecule has 2 nitrogen and oxygen atoms in total. The zero-order valence-electron chi connectivity index (χ0n) is 13.2. The summed E-state index contributed by atoms with van der Waals surface area (Å²) in [6, 6.07) is 9.16. The van der Waals surface area contributed by atoms with Crippen LogP contribution >= 0.6 is 0 Å². The van der Waals surface area contributed by atoms with Crippen LogP contribution < -0.4 is 5.32 Å². The van der Waals surface area contributed by atoms with Crippen LogP contribution in [0.2, 0.25) is 0 Å². The molecule has 1 aliphatic rings. The fourth-order valence-corrected chi connectivity index (χ4v) is 3.47. The maximum atomic E-state index is 5.29. The second-order valence-corrected chi connectivity index (χ2v) is 6.59. The zero-order chi connectivity index (χ0) is 14.4. The molecule has 1 aromatic rings. The summed E-state index contributed by atoms with van der Waals surface area (Å²) >= 11 is 0. The molecule has 0 saturated heterocycles. The van der Waals surface area contributed by atoms with E-state index in [1.54, 1.807) is 7.11 Å². The molecule has 2 rings (SSSR count). The van der Waals surface area contributed by atoms with Gasteiger partial charge >= 0.3 is 0 Å². The summed E-state index contributed by atoms with van der Waals surface area (Å²) in [5.41, 5.74) is 2.52. The number of rotatable bonds is 6. The quantitative estimate of drug-likeness (QED) is 0.801. The third kappa shape index (κ3) is 4.52. The highest BCUT2D eigenvalue weighted by Gasteiger charge is 2.22. The van der Waals surface area contributed by atoms with E-state index in [1.165, 1.54) is 43.4 Å². The lowest BCUT2D eigenvalue weighted by Crippen LogP contribution is -2.28. The highest BCUT2D eigenvalue weighted by molar-refractivity contribution is 5.51. The topological polar surface area (TPSA) is 21.3 Å². The highest BCUT2D eigenvalue weighted by atomic mass is 16.5. The Kier molecular flexibility index (Phi) is 5.90. The van der Waals surface area contributed by atoms with Crippen LogP contribution in [0.1, 0.15) is 51.5 Å². The molecule has 2 atom stereocenters. The van der Waals surface area contributed by atoms with Gasteiger partial charge in [-0.2, -0.15) is 0 Å². The number of ether oxygens (including phenoxy) is 1. The number of para-hydroxylation sites is 1. The Hall–Kier alpha value is -1.02. The van der Waals surface area contributed by atoms with E-state index in [2.05, 4.69) is 43.4 Å². The van der Waals surface area contributed by atoms with Gasteiger partial charge in [-0.3, -0.25) is 0 Å². The minimum atomic E-state index is 0.630. The lowest BCUT2D eigenvalue weighted by Gasteiger charge is -2.32. The predicted octanol–water partition coefficient (Wildman–Crippen LogP) is 4.85. The van der Waals surface area contributed by atoms with E-state index in [4.69, 9.17) is 4.74 Å². The normalized spacial score (nSPS) is 23.0. The molecule has 1 saturated carbocycles. The molecule has 1 N–H and O–H groups in total. The van der Waals surface area contributed by atoms with Crippen molar-refractivity contribution in [2.75, 3.05) is 12.4 Å². The summed E-state index contributed by atoms with van der Waals surface area (Å²) < 4.78 is 5.29. The first-order valence-corrected chi connectivity index (χ1v) is 8.02. The van der Waals surface area contributed by atoms with Crippen molar-refractivity contribution in [3.8, 4) is 0 Å². The van der Waals surface area contributed by atoms with Gasteiger partial charge in [-0.25, -0.2) is 0 Å². The lowest BCUT2D eigenvalue weighted by atomic mass is 9.81. The van der Waals surface area contributed by atoms with Crippen molar-refractivity contribution in [2.24, 2.45) is 11.8 Å². The second kappa shape index (κ2) is 7.68. The number of hydrogen-bond acceptors (Lipinski definition) is 2. The first-order valence-electron chi connectivity index (χ1n) is 8.02. The largest absolute Gasteiger partial charge is 0.382 e. The van der Waals surface area contributed by atoms with E-state index in [0.29, 0.717) is 12.6 Å². The number of hydrogen-bond donors (Lipinski definition) is 1. The van der Waals surface area contributed by atoms with Gasteiger partial charge in [0.25, 0.3) is 0 Å². The van der Waals surface area contributed by atoms with Gasteiger partial charge in [0.05, 0.1) is 6.61 Å². The van der Waals surface area contributed by atoms with Crippen molar-refractivity contribution in [3.05, 3.63) is 29.8 Å². The van der Waals surface area contributed by atoms with Gasteiger partial charge in [-0.05, 0) is 37.2 Å². The van der Waals surface area contributed by atoms with Crippen molar-refractivity contribution in [2.45, 2.75) is 58.6 Å². The summed E-state index contributed by atoms with van der Waals surface area (Å²) in [7, 11) is 1.76. The molecule has 0 heterocycles. The van der Waals surface area contributed by atoms with Gasteiger partial charge in [0.1, 0.15) is 0 Å². The number of methoxy groups -OCH3 is 1. The summed E-state index contributed by atoms with van der Waals surface area (Å²) in [6.45, 7) is 5.36. The number of anilines is 1. The van der Waals surface area contributed by atoms with Crippen LogP contribution in [0.4, 0.5) is 5.69 Å². The predicted molar refractivity (Wildman–Crippen MR) is 86.0 cm³/mol. The maximum Gasteiger partial charge on any atom is 0.0733 e. The van der Waals surface area contributed by atoms with E-state index in [-0.39, 0.29) is 0 Å². The van der Waals surface area contributed by atoms with Gasteiger partial charge in [0, 0.05) is 24.4 Å². The molecule has 0 aliphatic heterocycles. The van der Waals surface area contributed by atoms with Crippen LogP contribution in [0.15, 0.2) is 24.3 Å². The molecule has 0 bridgehead atoms. The molecule has 0 radical (unpaired) electrons. The molecule has 20 heavy (non-hydrogen) atoms. The Balaban J connectivity index is 1.95. The van der Waals surface area contributed by atoms with Gasteiger partial charge < -0.3 is 10.1 Å². The smallest absolute Gasteiger partial charge is 0.0733 e. The molecule has 2 heteroatoms. The fourth-order valence-electron chi connectivity index (χ4n) is 3.47. The van der Waals surface area contributed by atoms with Crippen molar-refractivity contribution in [3.63, 3.8) is 0 Å². The molecule has 112 valence electrons. The molecule has 2 unspecified atom stereocenters. The maximum absolute atomic E-state index is 5.29. The second-order valence-electron chi connectivity index (χ2n) is 6.59. The molecular formula is C18H29NO. The Morgan fingerprint density at radius 2 is 2.05 bits per heavy atom. The van der Waals surface area contributed by atoms with E-state index in [0.717, 1.165) is 11.8 Å². The van der Waals surface area contributed by atoms with E-state index < -0.39 is 0 Å². The summed E-state index contributed by atoms with van der Waals surface area (Å²) in [6.07, 6.45) is 6.77. The van der Waals surface area contributed by atoms with Crippen LogP contribution in [-0.4, -0.2) is 13.2 Å². The lowest BCUT2D eigenvalue weighted by molar-refractivity contribution is 0.185. The van der Waals surface area contributed by atoms with Crippen molar-refractivity contribution < 1.29 is 4.74 Å². The molecule has 0 spiro atoms. The van der Waals surface area contributed by atoms with Crippen LogP contribution in [0.25, 0.3) is 0 Å². The Bertz CT molecular complexity index is 402. The van der Waals surface area contributed by atoms with Gasteiger partial charge in [-0.1, -0.05) is 44.9 Å². The summed E-state index contributed by atoms with van der Waals surface area (Å²) in [5, 5.41) is 3.76. The van der Waals surface area contributed by atoms with E-state index in [9.17, 15) is 0 Å². The zero-order valence-corrected chi connectivity index (χ0v) is 13.2. The molecule has 0 amide bonds. The Morgan fingerprint density at radius 1 is 1.25 bits per heavy atom. The van der Waals surface area contributed by atoms with Gasteiger partial charge in [-0.15, -0.1) is 0 Å². The van der Waals surface area contributed by atoms with Gasteiger partial charge in [0.15, 0.2) is 0 Å². The molecular weight excluding hydrogens is 246 g/mol. The fraction of sp³-hybridized carbons (Fsp3) is 0.667. The van der Waals surface area contributed by atoms with Crippen molar-refractivity contribution >= 4 is 5.69 Å². The minimum Gasteiger partial charge on any atom is -0.382 e. The molecule has 1 aromatic carbocycles. The van der Waals surface area contributed by atoms with Crippen LogP contribution in [-0.2, 0) is 11.3 Å². The Morgan fingerprint density at radius 3 is 2.80 bits per heavy atom. The Labute approximate surface area is 123 Å².